The van der Waals surface area contributed by atoms with Crippen LogP contribution < -0.4 is 10.1 Å². The van der Waals surface area contributed by atoms with Crippen LogP contribution in [0, 0.1) is 19.8 Å². The van der Waals surface area contributed by atoms with Crippen molar-refractivity contribution in [2.45, 2.75) is 72.0 Å². The van der Waals surface area contributed by atoms with Gasteiger partial charge < -0.3 is 14.8 Å². The van der Waals surface area contributed by atoms with Gasteiger partial charge in [-0.05, 0) is 74.3 Å². The van der Waals surface area contributed by atoms with E-state index in [-0.39, 0.29) is 5.91 Å². The van der Waals surface area contributed by atoms with E-state index in [9.17, 15) is 4.79 Å². The lowest BCUT2D eigenvalue weighted by molar-refractivity contribution is -0.148. The number of amides is 1. The van der Waals surface area contributed by atoms with E-state index >= 15 is 0 Å². The summed E-state index contributed by atoms with van der Waals surface area (Å²) in [6.07, 6.45) is 4.68. The highest BCUT2D eigenvalue weighted by atomic mass is 16.5. The van der Waals surface area contributed by atoms with E-state index in [4.69, 9.17) is 9.47 Å². The van der Waals surface area contributed by atoms with Crippen LogP contribution in [0.5, 0.6) is 5.75 Å². The van der Waals surface area contributed by atoms with Gasteiger partial charge in [0, 0.05) is 12.3 Å². The fourth-order valence-electron chi connectivity index (χ4n) is 4.43. The third-order valence-corrected chi connectivity index (χ3v) is 5.90. The van der Waals surface area contributed by atoms with Crippen LogP contribution in [0.15, 0.2) is 42.5 Å². The minimum absolute atomic E-state index is 0.0146. The Morgan fingerprint density at radius 3 is 2.50 bits per heavy atom. The van der Waals surface area contributed by atoms with Crippen molar-refractivity contribution in [1.82, 2.24) is 0 Å². The zero-order valence-corrected chi connectivity index (χ0v) is 18.8. The van der Waals surface area contributed by atoms with Gasteiger partial charge in [0.15, 0.2) is 0 Å². The molecule has 0 saturated heterocycles. The molecule has 1 aliphatic rings. The maximum atomic E-state index is 13.3. The normalized spacial score (nSPS) is 21.3. The Bertz CT molecular complexity index is 826. The second kappa shape index (κ2) is 10.1. The lowest BCUT2D eigenvalue weighted by atomic mass is 9.78. The summed E-state index contributed by atoms with van der Waals surface area (Å²) in [5.41, 5.74) is 3.26. The monoisotopic (exact) mass is 409 g/mol. The number of anilines is 1. The van der Waals surface area contributed by atoms with Crippen molar-refractivity contribution in [1.29, 1.82) is 0 Å². The first kappa shape index (κ1) is 22.4. The van der Waals surface area contributed by atoms with Crippen molar-refractivity contribution in [3.8, 4) is 5.75 Å². The third-order valence-electron chi connectivity index (χ3n) is 5.90. The number of hydrogen-bond acceptors (Lipinski definition) is 3. The number of hydrogen-bond donors (Lipinski definition) is 1. The molecule has 30 heavy (non-hydrogen) atoms. The van der Waals surface area contributed by atoms with Gasteiger partial charge in [-0.2, -0.15) is 0 Å². The van der Waals surface area contributed by atoms with Crippen molar-refractivity contribution < 1.29 is 14.3 Å². The van der Waals surface area contributed by atoms with Gasteiger partial charge >= 0.3 is 0 Å². The maximum Gasteiger partial charge on any atom is 0.256 e. The fraction of sp³-hybridized carbons (Fsp3) is 0.500. The number of rotatable bonds is 8. The Kier molecular flexibility index (Phi) is 7.54. The number of benzene rings is 2. The predicted octanol–water partition coefficient (Wildman–Crippen LogP) is 6.20. The van der Waals surface area contributed by atoms with Crippen molar-refractivity contribution in [2.75, 3.05) is 11.9 Å². The van der Waals surface area contributed by atoms with Crippen molar-refractivity contribution in [2.24, 2.45) is 5.92 Å². The van der Waals surface area contributed by atoms with Crippen LogP contribution in [-0.2, 0) is 16.1 Å². The van der Waals surface area contributed by atoms with Crippen LogP contribution in [0.1, 0.15) is 62.6 Å². The van der Waals surface area contributed by atoms with E-state index in [0.29, 0.717) is 19.1 Å². The highest BCUT2D eigenvalue weighted by Gasteiger charge is 2.42. The molecule has 0 aromatic heterocycles. The molecule has 162 valence electrons. The van der Waals surface area contributed by atoms with E-state index in [1.165, 1.54) is 0 Å². The second-order valence-electron chi connectivity index (χ2n) is 8.71. The molecule has 1 aliphatic carbocycles. The van der Waals surface area contributed by atoms with E-state index in [0.717, 1.165) is 60.2 Å². The second-order valence-corrected chi connectivity index (χ2v) is 8.71. The molecule has 4 nitrogen and oxygen atoms in total. The number of nitrogens with one attached hydrogen (secondary N) is 1. The summed E-state index contributed by atoms with van der Waals surface area (Å²) in [6, 6.07) is 14.1. The molecule has 2 atom stereocenters. The third kappa shape index (κ3) is 5.42. The number of carbonyl (C=O) groups excluding carboxylic acids is 1. The number of aryl methyl sites for hydroxylation is 2. The average molecular weight is 410 g/mol. The van der Waals surface area contributed by atoms with Gasteiger partial charge in [-0.15, -0.1) is 0 Å². The molecule has 1 amide bonds. The Morgan fingerprint density at radius 1 is 1.17 bits per heavy atom. The number of carbonyl (C=O) groups is 1. The minimum atomic E-state index is -0.710. The van der Waals surface area contributed by atoms with E-state index in [2.05, 4.69) is 31.3 Å². The molecule has 1 fully saturated rings. The fourth-order valence-corrected chi connectivity index (χ4v) is 4.43. The summed E-state index contributed by atoms with van der Waals surface area (Å²) in [5.74, 6) is 1.36. The Hall–Kier alpha value is -2.33. The van der Waals surface area contributed by atoms with Crippen LogP contribution in [0.2, 0.25) is 0 Å². The molecule has 0 aliphatic heterocycles. The largest absolute Gasteiger partial charge is 0.488 e. The van der Waals surface area contributed by atoms with Gasteiger partial charge in [0.25, 0.3) is 5.91 Å². The molecule has 4 heteroatoms. The van der Waals surface area contributed by atoms with E-state index in [1.807, 2.05) is 44.2 Å². The van der Waals surface area contributed by atoms with Gasteiger partial charge in [-0.25, -0.2) is 0 Å². The van der Waals surface area contributed by atoms with Crippen LogP contribution in [0.3, 0.4) is 0 Å². The summed E-state index contributed by atoms with van der Waals surface area (Å²) in [5, 5.41) is 3.15. The minimum Gasteiger partial charge on any atom is -0.488 e. The topological polar surface area (TPSA) is 47.6 Å². The molecular formula is C26H35NO3. The molecule has 0 heterocycles. The van der Waals surface area contributed by atoms with Crippen molar-refractivity contribution in [3.63, 3.8) is 0 Å². The number of ether oxygens (including phenoxy) is 2. The summed E-state index contributed by atoms with van der Waals surface area (Å²) < 4.78 is 12.2. The zero-order valence-electron chi connectivity index (χ0n) is 18.8. The van der Waals surface area contributed by atoms with Crippen LogP contribution in [0.25, 0.3) is 0 Å². The summed E-state index contributed by atoms with van der Waals surface area (Å²) in [7, 11) is 0. The molecule has 0 unspecified atom stereocenters. The molecule has 0 bridgehead atoms. The molecule has 2 aromatic carbocycles. The lowest BCUT2D eigenvalue weighted by Crippen LogP contribution is -2.48. The smallest absolute Gasteiger partial charge is 0.256 e. The predicted molar refractivity (Wildman–Crippen MR) is 122 cm³/mol. The highest BCUT2D eigenvalue weighted by Crippen LogP contribution is 2.37. The quantitative estimate of drug-likeness (QED) is 0.565. The lowest BCUT2D eigenvalue weighted by Gasteiger charge is -2.38. The standard InChI is InChI=1S/C26H35NO3/c1-5-14-30-26(13-9-10-19(2)17-26)25(28)27-23-15-20(3)24(21(4)16-23)29-18-22-11-7-6-8-12-22/h6-8,11-12,15-16,19H,5,9-10,13-14,17-18H2,1-4H3,(H,27,28)/t19-,26-/m0/s1. The SMILES string of the molecule is CCCO[C@@]1(C(=O)Nc2cc(C)c(OCc3ccccc3)c(C)c2)CCC[C@H](C)C1. The van der Waals surface area contributed by atoms with Gasteiger partial charge in [-0.3, -0.25) is 4.79 Å². The maximum absolute atomic E-state index is 13.3. The average Bonchev–Trinajstić information content (AvgIpc) is 2.72. The summed E-state index contributed by atoms with van der Waals surface area (Å²) >= 11 is 0. The summed E-state index contributed by atoms with van der Waals surface area (Å²) in [4.78, 5) is 13.3. The molecule has 3 rings (SSSR count). The van der Waals surface area contributed by atoms with E-state index in [1.54, 1.807) is 0 Å². The first-order valence-corrected chi connectivity index (χ1v) is 11.2. The highest BCUT2D eigenvalue weighted by molar-refractivity contribution is 5.97. The summed E-state index contributed by atoms with van der Waals surface area (Å²) in [6.45, 7) is 9.48. The van der Waals surface area contributed by atoms with Gasteiger partial charge in [0.2, 0.25) is 0 Å². The van der Waals surface area contributed by atoms with Gasteiger partial charge in [0.05, 0.1) is 0 Å². The molecule has 2 aromatic rings. The van der Waals surface area contributed by atoms with Crippen molar-refractivity contribution >= 4 is 11.6 Å². The molecule has 1 saturated carbocycles. The molecule has 0 spiro atoms. The van der Waals surface area contributed by atoms with E-state index < -0.39 is 5.60 Å². The molecule has 0 radical (unpaired) electrons. The Balaban J connectivity index is 1.73. The van der Waals surface area contributed by atoms with Crippen molar-refractivity contribution in [3.05, 3.63) is 59.2 Å². The Labute approximate surface area is 181 Å². The van der Waals surface area contributed by atoms with Crippen LogP contribution in [0.4, 0.5) is 5.69 Å². The van der Waals surface area contributed by atoms with Gasteiger partial charge in [0.1, 0.15) is 18.0 Å². The Morgan fingerprint density at radius 2 is 1.87 bits per heavy atom. The zero-order chi connectivity index (χ0) is 21.6. The van der Waals surface area contributed by atoms with Gasteiger partial charge in [-0.1, -0.05) is 50.6 Å². The van der Waals surface area contributed by atoms with Crippen LogP contribution >= 0.6 is 0 Å². The molecule has 1 N–H and O–H groups in total. The molecular weight excluding hydrogens is 374 g/mol. The first-order chi connectivity index (χ1) is 14.4. The first-order valence-electron chi connectivity index (χ1n) is 11.2. The van der Waals surface area contributed by atoms with Crippen LogP contribution in [-0.4, -0.2) is 18.1 Å².